The van der Waals surface area contributed by atoms with Crippen LogP contribution in [0.4, 0.5) is 5.82 Å². The first-order valence-electron chi connectivity index (χ1n) is 8.54. The smallest absolute Gasteiger partial charge is 0.241 e. The van der Waals surface area contributed by atoms with Crippen LogP contribution in [-0.2, 0) is 20.9 Å². The average Bonchev–Trinajstić information content (AvgIpc) is 3.35. The fourth-order valence-electron chi connectivity index (χ4n) is 4.34. The van der Waals surface area contributed by atoms with Crippen molar-refractivity contribution in [1.82, 2.24) is 9.78 Å². The molecule has 1 aromatic heterocycles. The number of aromatic nitrogens is 2. The second-order valence-corrected chi connectivity index (χ2v) is 7.76. The van der Waals surface area contributed by atoms with Crippen molar-refractivity contribution in [2.75, 3.05) is 4.90 Å². The van der Waals surface area contributed by atoms with E-state index in [2.05, 4.69) is 5.10 Å². The topological polar surface area (TPSA) is 64.4 Å². The summed E-state index contributed by atoms with van der Waals surface area (Å²) >= 11 is 12.5. The van der Waals surface area contributed by atoms with E-state index < -0.39 is 11.8 Å². The van der Waals surface area contributed by atoms with Gasteiger partial charge in [-0.1, -0.05) is 41.4 Å². The van der Waals surface area contributed by atoms with Crippen LogP contribution in [0.3, 0.4) is 0 Å². The van der Waals surface area contributed by atoms with Gasteiger partial charge in [-0.2, -0.15) is 5.10 Å². The molecule has 3 fully saturated rings. The molecule has 2 amide bonds. The molecule has 4 unspecified atom stereocenters. The standard InChI is InChI=1S/C18H15Cl2N3O3/c19-10-4-2-1-3-9(10)7-22-8-11(20)16(21-22)23-17(24)14-12-5-6-13(26-12)15(14)18(23)25/h1-4,8,12-15H,5-7H2. The minimum Gasteiger partial charge on any atom is -0.373 e. The summed E-state index contributed by atoms with van der Waals surface area (Å²) in [5, 5.41) is 5.29. The van der Waals surface area contributed by atoms with E-state index in [0.717, 1.165) is 23.3 Å². The molecule has 26 heavy (non-hydrogen) atoms. The van der Waals surface area contributed by atoms with E-state index in [0.29, 0.717) is 11.6 Å². The lowest BCUT2D eigenvalue weighted by atomic mass is 9.81. The number of hydrogen-bond donors (Lipinski definition) is 0. The van der Waals surface area contributed by atoms with Gasteiger partial charge in [0, 0.05) is 11.2 Å². The minimum absolute atomic E-state index is 0.157. The van der Waals surface area contributed by atoms with E-state index in [1.165, 1.54) is 0 Å². The molecule has 2 aromatic rings. The third-order valence-electron chi connectivity index (χ3n) is 5.49. The molecular formula is C18H15Cl2N3O3. The number of carbonyl (C=O) groups excluding carboxylic acids is 2. The van der Waals surface area contributed by atoms with E-state index in [9.17, 15) is 9.59 Å². The minimum atomic E-state index is -0.397. The first-order valence-corrected chi connectivity index (χ1v) is 9.30. The Morgan fingerprint density at radius 3 is 2.35 bits per heavy atom. The number of hydrogen-bond acceptors (Lipinski definition) is 4. The molecule has 0 saturated carbocycles. The Balaban J connectivity index is 1.46. The van der Waals surface area contributed by atoms with Crippen LogP contribution in [0, 0.1) is 11.8 Å². The van der Waals surface area contributed by atoms with Gasteiger partial charge in [0.1, 0.15) is 5.02 Å². The fourth-order valence-corrected chi connectivity index (χ4v) is 4.77. The van der Waals surface area contributed by atoms with Crippen molar-refractivity contribution in [3.63, 3.8) is 0 Å². The number of benzene rings is 1. The van der Waals surface area contributed by atoms with Gasteiger partial charge in [0.25, 0.3) is 0 Å². The zero-order valence-corrected chi connectivity index (χ0v) is 15.2. The van der Waals surface area contributed by atoms with Crippen LogP contribution in [0.25, 0.3) is 0 Å². The zero-order chi connectivity index (χ0) is 18.0. The van der Waals surface area contributed by atoms with Gasteiger partial charge in [-0.05, 0) is 24.5 Å². The highest BCUT2D eigenvalue weighted by atomic mass is 35.5. The van der Waals surface area contributed by atoms with E-state index in [-0.39, 0.29) is 34.9 Å². The Bertz CT molecular complexity index is 900. The molecular weight excluding hydrogens is 377 g/mol. The number of anilines is 1. The van der Waals surface area contributed by atoms with Crippen molar-refractivity contribution in [3.8, 4) is 0 Å². The van der Waals surface area contributed by atoms with Crippen LogP contribution >= 0.6 is 23.2 Å². The van der Waals surface area contributed by atoms with E-state index in [1.54, 1.807) is 16.9 Å². The lowest BCUT2D eigenvalue weighted by Gasteiger charge is -2.15. The molecule has 8 heteroatoms. The normalized spacial score (nSPS) is 29.7. The van der Waals surface area contributed by atoms with Crippen LogP contribution < -0.4 is 4.90 Å². The Morgan fingerprint density at radius 1 is 1.04 bits per heavy atom. The molecule has 1 aromatic carbocycles. The average molecular weight is 392 g/mol. The van der Waals surface area contributed by atoms with E-state index in [4.69, 9.17) is 27.9 Å². The van der Waals surface area contributed by atoms with Crippen LogP contribution in [0.2, 0.25) is 10.0 Å². The number of halogens is 2. The molecule has 0 radical (unpaired) electrons. The van der Waals surface area contributed by atoms with Gasteiger partial charge in [-0.25, -0.2) is 4.90 Å². The molecule has 0 aliphatic carbocycles. The predicted molar refractivity (Wildman–Crippen MR) is 95.2 cm³/mol. The maximum absolute atomic E-state index is 12.9. The van der Waals surface area contributed by atoms with Gasteiger partial charge in [0.2, 0.25) is 11.8 Å². The molecule has 0 N–H and O–H groups in total. The second-order valence-electron chi connectivity index (χ2n) is 6.94. The third-order valence-corrected chi connectivity index (χ3v) is 6.12. The van der Waals surface area contributed by atoms with Crippen molar-refractivity contribution in [3.05, 3.63) is 46.1 Å². The van der Waals surface area contributed by atoms with Crippen LogP contribution in [0.5, 0.6) is 0 Å². The molecule has 0 spiro atoms. The number of nitrogens with zero attached hydrogens (tertiary/aromatic N) is 3. The molecule has 4 heterocycles. The lowest BCUT2D eigenvalue weighted by Crippen LogP contribution is -2.34. The molecule has 4 atom stereocenters. The monoisotopic (exact) mass is 391 g/mol. The van der Waals surface area contributed by atoms with Crippen molar-refractivity contribution in [2.24, 2.45) is 11.8 Å². The summed E-state index contributed by atoms with van der Waals surface area (Å²) in [7, 11) is 0. The van der Waals surface area contributed by atoms with Gasteiger partial charge >= 0.3 is 0 Å². The number of imide groups is 1. The summed E-state index contributed by atoms with van der Waals surface area (Å²) in [4.78, 5) is 26.9. The van der Waals surface area contributed by atoms with Crippen LogP contribution in [-0.4, -0.2) is 33.8 Å². The first-order chi connectivity index (χ1) is 12.5. The molecule has 2 bridgehead atoms. The quantitative estimate of drug-likeness (QED) is 0.754. The van der Waals surface area contributed by atoms with Crippen molar-refractivity contribution in [2.45, 2.75) is 31.6 Å². The van der Waals surface area contributed by atoms with Gasteiger partial charge in [-0.3, -0.25) is 14.3 Å². The largest absolute Gasteiger partial charge is 0.373 e. The summed E-state index contributed by atoms with van der Waals surface area (Å²) in [5.74, 6) is -1.10. The van der Waals surface area contributed by atoms with Gasteiger partial charge < -0.3 is 4.74 Å². The Hall–Kier alpha value is -1.89. The first kappa shape index (κ1) is 16.3. The molecule has 3 aliphatic heterocycles. The summed E-state index contributed by atoms with van der Waals surface area (Å²) in [6.07, 6.45) is 2.95. The van der Waals surface area contributed by atoms with Gasteiger partial charge in [0.15, 0.2) is 5.82 Å². The molecule has 6 nitrogen and oxygen atoms in total. The Kier molecular flexibility index (Phi) is 3.64. The predicted octanol–water partition coefficient (Wildman–Crippen LogP) is 2.91. The molecule has 3 saturated heterocycles. The molecule has 5 rings (SSSR count). The lowest BCUT2D eigenvalue weighted by molar-refractivity contribution is -0.124. The van der Waals surface area contributed by atoms with Gasteiger partial charge in [0.05, 0.1) is 30.6 Å². The summed E-state index contributed by atoms with van der Waals surface area (Å²) in [6.45, 7) is 0.400. The summed E-state index contributed by atoms with van der Waals surface area (Å²) in [5.41, 5.74) is 0.877. The van der Waals surface area contributed by atoms with Crippen molar-refractivity contribution < 1.29 is 14.3 Å². The third kappa shape index (κ3) is 2.25. The number of rotatable bonds is 3. The highest BCUT2D eigenvalue weighted by Gasteiger charge is 2.63. The van der Waals surface area contributed by atoms with E-state index >= 15 is 0 Å². The number of ether oxygens (including phenoxy) is 1. The number of fused-ring (bicyclic) bond motifs is 5. The van der Waals surface area contributed by atoms with Gasteiger partial charge in [-0.15, -0.1) is 0 Å². The zero-order valence-electron chi connectivity index (χ0n) is 13.6. The SMILES string of the molecule is O=C1C2C3CCC(O3)C2C(=O)N1c1nn(Cc2ccccc2Cl)cc1Cl. The Morgan fingerprint density at radius 2 is 1.69 bits per heavy atom. The maximum Gasteiger partial charge on any atom is 0.241 e. The van der Waals surface area contributed by atoms with E-state index in [1.807, 2.05) is 18.2 Å². The number of carbonyl (C=O) groups is 2. The molecule has 134 valence electrons. The fraction of sp³-hybridized carbons (Fsp3) is 0.389. The highest BCUT2D eigenvalue weighted by molar-refractivity contribution is 6.35. The van der Waals surface area contributed by atoms with Crippen LogP contribution in [0.15, 0.2) is 30.5 Å². The maximum atomic E-state index is 12.9. The molecule has 3 aliphatic rings. The highest BCUT2D eigenvalue weighted by Crippen LogP contribution is 2.49. The van der Waals surface area contributed by atoms with Crippen molar-refractivity contribution >= 4 is 40.8 Å². The number of amides is 2. The summed E-state index contributed by atoms with van der Waals surface area (Å²) < 4.78 is 7.35. The summed E-state index contributed by atoms with van der Waals surface area (Å²) in [6, 6.07) is 7.43. The second kappa shape index (κ2) is 5.81. The van der Waals surface area contributed by atoms with Crippen molar-refractivity contribution in [1.29, 1.82) is 0 Å². The Labute approximate surface area is 159 Å². The van der Waals surface area contributed by atoms with Crippen LogP contribution in [0.1, 0.15) is 18.4 Å².